The van der Waals surface area contributed by atoms with Crippen LogP contribution in [0, 0.1) is 5.92 Å². The zero-order chi connectivity index (χ0) is 10.8. The fourth-order valence-corrected chi connectivity index (χ4v) is 2.17. The molecule has 0 heterocycles. The van der Waals surface area contributed by atoms with Crippen molar-refractivity contribution in [2.24, 2.45) is 11.7 Å². The van der Waals surface area contributed by atoms with Crippen LogP contribution in [0.3, 0.4) is 0 Å². The second kappa shape index (κ2) is 4.54. The Labute approximate surface area is 98.9 Å². The van der Waals surface area contributed by atoms with Crippen LogP contribution >= 0.6 is 15.9 Å². The van der Waals surface area contributed by atoms with Gasteiger partial charge in [-0.2, -0.15) is 0 Å². The van der Waals surface area contributed by atoms with Crippen LogP contribution in [0.15, 0.2) is 22.7 Å². The SMILES string of the molecule is COc1cc(Br)ccc1[C@@H](N)CC1CC1. The zero-order valence-corrected chi connectivity index (χ0v) is 10.5. The summed E-state index contributed by atoms with van der Waals surface area (Å²) in [6, 6.07) is 6.16. The lowest BCUT2D eigenvalue weighted by Crippen LogP contribution is -2.12. The van der Waals surface area contributed by atoms with Crippen LogP contribution in [0.2, 0.25) is 0 Å². The zero-order valence-electron chi connectivity index (χ0n) is 8.87. The first kappa shape index (κ1) is 11.0. The Kier molecular flexibility index (Phi) is 3.32. The van der Waals surface area contributed by atoms with Gasteiger partial charge in [0.2, 0.25) is 0 Å². The van der Waals surface area contributed by atoms with Gasteiger partial charge in [-0.3, -0.25) is 0 Å². The van der Waals surface area contributed by atoms with Crippen LogP contribution in [-0.2, 0) is 0 Å². The van der Waals surface area contributed by atoms with Crippen molar-refractivity contribution in [1.82, 2.24) is 0 Å². The van der Waals surface area contributed by atoms with Crippen molar-refractivity contribution in [3.8, 4) is 5.75 Å². The third kappa shape index (κ3) is 2.73. The minimum atomic E-state index is 0.112. The highest BCUT2D eigenvalue weighted by atomic mass is 79.9. The predicted octanol–water partition coefficient (Wildman–Crippen LogP) is 3.26. The van der Waals surface area contributed by atoms with Crippen LogP contribution in [0.5, 0.6) is 5.75 Å². The molecule has 0 bridgehead atoms. The fourth-order valence-electron chi connectivity index (χ4n) is 1.83. The molecule has 0 amide bonds. The highest BCUT2D eigenvalue weighted by Gasteiger charge is 2.25. The summed E-state index contributed by atoms with van der Waals surface area (Å²) in [6.07, 6.45) is 3.76. The van der Waals surface area contributed by atoms with E-state index in [0.717, 1.165) is 28.1 Å². The number of halogens is 1. The number of nitrogens with two attached hydrogens (primary N) is 1. The summed E-state index contributed by atoms with van der Waals surface area (Å²) in [6.45, 7) is 0. The van der Waals surface area contributed by atoms with Gasteiger partial charge in [-0.15, -0.1) is 0 Å². The normalized spacial score (nSPS) is 17.5. The van der Waals surface area contributed by atoms with Gasteiger partial charge < -0.3 is 10.5 Å². The van der Waals surface area contributed by atoms with Gasteiger partial charge in [0.25, 0.3) is 0 Å². The average molecular weight is 270 g/mol. The first-order valence-corrected chi connectivity index (χ1v) is 6.09. The van der Waals surface area contributed by atoms with Crippen LogP contribution in [0.4, 0.5) is 0 Å². The largest absolute Gasteiger partial charge is 0.496 e. The van der Waals surface area contributed by atoms with E-state index in [9.17, 15) is 0 Å². The lowest BCUT2D eigenvalue weighted by atomic mass is 10.0. The minimum Gasteiger partial charge on any atom is -0.496 e. The van der Waals surface area contributed by atoms with E-state index in [1.54, 1.807) is 7.11 Å². The maximum absolute atomic E-state index is 6.17. The van der Waals surface area contributed by atoms with E-state index in [2.05, 4.69) is 22.0 Å². The van der Waals surface area contributed by atoms with Crippen molar-refractivity contribution in [2.75, 3.05) is 7.11 Å². The summed E-state index contributed by atoms with van der Waals surface area (Å²) in [7, 11) is 1.69. The number of benzene rings is 1. The first-order chi connectivity index (χ1) is 7.20. The lowest BCUT2D eigenvalue weighted by Gasteiger charge is -2.15. The molecule has 1 aliphatic rings. The smallest absolute Gasteiger partial charge is 0.124 e. The maximum Gasteiger partial charge on any atom is 0.124 e. The fraction of sp³-hybridized carbons (Fsp3) is 0.500. The molecular formula is C12H16BrNO. The molecule has 0 aliphatic heterocycles. The van der Waals surface area contributed by atoms with Crippen LogP contribution < -0.4 is 10.5 Å². The molecule has 1 fully saturated rings. The monoisotopic (exact) mass is 269 g/mol. The average Bonchev–Trinajstić information content (AvgIpc) is 3.01. The van der Waals surface area contributed by atoms with E-state index in [-0.39, 0.29) is 6.04 Å². The van der Waals surface area contributed by atoms with Crippen LogP contribution in [0.25, 0.3) is 0 Å². The van der Waals surface area contributed by atoms with Gasteiger partial charge in [0, 0.05) is 16.1 Å². The molecule has 2 rings (SSSR count). The molecule has 3 heteroatoms. The summed E-state index contributed by atoms with van der Waals surface area (Å²) < 4.78 is 6.37. The second-order valence-electron chi connectivity index (χ2n) is 4.17. The van der Waals surface area contributed by atoms with Gasteiger partial charge in [0.15, 0.2) is 0 Å². The van der Waals surface area contributed by atoms with Crippen molar-refractivity contribution in [1.29, 1.82) is 0 Å². The van der Waals surface area contributed by atoms with E-state index in [1.165, 1.54) is 12.8 Å². The number of ether oxygens (including phenoxy) is 1. The van der Waals surface area contributed by atoms with E-state index < -0.39 is 0 Å². The van der Waals surface area contributed by atoms with Gasteiger partial charge in [0.1, 0.15) is 5.75 Å². The lowest BCUT2D eigenvalue weighted by molar-refractivity contribution is 0.402. The summed E-state index contributed by atoms with van der Waals surface area (Å²) in [5, 5.41) is 0. The number of hydrogen-bond donors (Lipinski definition) is 1. The molecule has 1 saturated carbocycles. The quantitative estimate of drug-likeness (QED) is 0.911. The molecule has 0 unspecified atom stereocenters. The topological polar surface area (TPSA) is 35.2 Å². The van der Waals surface area contributed by atoms with E-state index in [1.807, 2.05) is 12.1 Å². The van der Waals surface area contributed by atoms with Crippen molar-refractivity contribution in [3.05, 3.63) is 28.2 Å². The molecule has 0 radical (unpaired) electrons. The summed E-state index contributed by atoms with van der Waals surface area (Å²) in [4.78, 5) is 0. The van der Waals surface area contributed by atoms with Crippen molar-refractivity contribution in [2.45, 2.75) is 25.3 Å². The Morgan fingerprint density at radius 3 is 2.87 bits per heavy atom. The first-order valence-electron chi connectivity index (χ1n) is 5.29. The van der Waals surface area contributed by atoms with E-state index in [0.29, 0.717) is 0 Å². The van der Waals surface area contributed by atoms with Crippen LogP contribution in [0.1, 0.15) is 30.9 Å². The molecular weight excluding hydrogens is 254 g/mol. The molecule has 0 spiro atoms. The van der Waals surface area contributed by atoms with Gasteiger partial charge in [-0.1, -0.05) is 34.8 Å². The third-order valence-corrected chi connectivity index (χ3v) is 3.37. The second-order valence-corrected chi connectivity index (χ2v) is 5.09. The summed E-state index contributed by atoms with van der Waals surface area (Å²) >= 11 is 3.43. The van der Waals surface area contributed by atoms with Crippen LogP contribution in [-0.4, -0.2) is 7.11 Å². The highest BCUT2D eigenvalue weighted by Crippen LogP contribution is 2.39. The molecule has 15 heavy (non-hydrogen) atoms. The summed E-state index contributed by atoms with van der Waals surface area (Å²) in [5.74, 6) is 1.73. The molecule has 1 aromatic carbocycles. The summed E-state index contributed by atoms with van der Waals surface area (Å²) in [5.41, 5.74) is 7.29. The Balaban J connectivity index is 2.17. The molecule has 2 N–H and O–H groups in total. The Bertz CT molecular complexity index is 349. The van der Waals surface area contributed by atoms with E-state index in [4.69, 9.17) is 10.5 Å². The molecule has 1 aromatic rings. The molecule has 1 aliphatic carbocycles. The molecule has 1 atom stereocenters. The molecule has 82 valence electrons. The van der Waals surface area contributed by atoms with Crippen molar-refractivity contribution in [3.63, 3.8) is 0 Å². The Morgan fingerprint density at radius 1 is 1.53 bits per heavy atom. The Morgan fingerprint density at radius 2 is 2.27 bits per heavy atom. The van der Waals surface area contributed by atoms with Crippen molar-refractivity contribution < 1.29 is 4.74 Å². The molecule has 0 aromatic heterocycles. The number of hydrogen-bond acceptors (Lipinski definition) is 2. The van der Waals surface area contributed by atoms with Gasteiger partial charge in [-0.05, 0) is 24.5 Å². The molecule has 0 saturated heterocycles. The third-order valence-electron chi connectivity index (χ3n) is 2.88. The minimum absolute atomic E-state index is 0.112. The standard InChI is InChI=1S/C12H16BrNO/c1-15-12-7-9(13)4-5-10(12)11(14)6-8-2-3-8/h4-5,7-8,11H,2-3,6,14H2,1H3/t11-/m0/s1. The maximum atomic E-state index is 6.17. The molecule has 2 nitrogen and oxygen atoms in total. The van der Waals surface area contributed by atoms with Gasteiger partial charge in [-0.25, -0.2) is 0 Å². The Hall–Kier alpha value is -0.540. The predicted molar refractivity (Wildman–Crippen MR) is 65.0 cm³/mol. The van der Waals surface area contributed by atoms with E-state index >= 15 is 0 Å². The van der Waals surface area contributed by atoms with Gasteiger partial charge in [0.05, 0.1) is 7.11 Å². The van der Waals surface area contributed by atoms with Crippen molar-refractivity contribution >= 4 is 15.9 Å². The number of rotatable bonds is 4. The van der Waals surface area contributed by atoms with Gasteiger partial charge >= 0.3 is 0 Å². The highest BCUT2D eigenvalue weighted by molar-refractivity contribution is 9.10. The number of methoxy groups -OCH3 is 1.